The van der Waals surface area contributed by atoms with Crippen LogP contribution < -0.4 is 10.9 Å². The molecular weight excluding hydrogens is 248 g/mol. The zero-order valence-electron chi connectivity index (χ0n) is 11.2. The van der Waals surface area contributed by atoms with E-state index in [0.29, 0.717) is 17.5 Å². The molecule has 0 unspecified atom stereocenters. The van der Waals surface area contributed by atoms with Gasteiger partial charge in [0.25, 0.3) is 5.91 Å². The van der Waals surface area contributed by atoms with Gasteiger partial charge in [0.15, 0.2) is 0 Å². The highest BCUT2D eigenvalue weighted by Gasteiger charge is 2.23. The number of aromatic amines is 1. The van der Waals surface area contributed by atoms with Crippen LogP contribution in [-0.2, 0) is 4.79 Å². The van der Waals surface area contributed by atoms with Gasteiger partial charge in [0.2, 0.25) is 5.56 Å². The van der Waals surface area contributed by atoms with Gasteiger partial charge in [0, 0.05) is 24.2 Å². The van der Waals surface area contributed by atoms with E-state index in [9.17, 15) is 14.4 Å². The average molecular weight is 266 g/mol. The fraction of sp³-hybridized carbons (Fsp3) is 0.462. The van der Waals surface area contributed by atoms with Crippen LogP contribution in [0.4, 0.5) is 0 Å². The second-order valence-electron chi connectivity index (χ2n) is 5.13. The van der Waals surface area contributed by atoms with E-state index in [1.807, 2.05) is 0 Å². The third kappa shape index (κ3) is 4.57. The minimum Gasteiger partial charge on any atom is -0.481 e. The van der Waals surface area contributed by atoms with E-state index in [0.717, 1.165) is 0 Å². The summed E-state index contributed by atoms with van der Waals surface area (Å²) in [4.78, 5) is 36.1. The lowest BCUT2D eigenvalue weighted by atomic mass is 9.97. The van der Waals surface area contributed by atoms with Crippen molar-refractivity contribution in [2.75, 3.05) is 0 Å². The molecule has 0 bridgehead atoms. The standard InChI is InChI=1S/C13H18N2O4/c1-8-6-10(16)14-7-9(8)12(19)15-13(2,3)5-4-11(17)18/h6-7H,4-5H2,1-3H3,(H,14,16)(H,15,19)(H,17,18). The summed E-state index contributed by atoms with van der Waals surface area (Å²) in [5.41, 5.74) is 0.0652. The molecule has 1 heterocycles. The Hall–Kier alpha value is -2.11. The highest BCUT2D eigenvalue weighted by molar-refractivity contribution is 5.95. The molecule has 0 aliphatic rings. The molecule has 6 nitrogen and oxygen atoms in total. The van der Waals surface area contributed by atoms with Gasteiger partial charge in [0.05, 0.1) is 5.56 Å². The molecule has 0 radical (unpaired) electrons. The van der Waals surface area contributed by atoms with E-state index >= 15 is 0 Å². The Morgan fingerprint density at radius 1 is 1.42 bits per heavy atom. The van der Waals surface area contributed by atoms with E-state index in [1.54, 1.807) is 20.8 Å². The largest absolute Gasteiger partial charge is 0.481 e. The lowest BCUT2D eigenvalue weighted by Crippen LogP contribution is -2.44. The van der Waals surface area contributed by atoms with Crippen molar-refractivity contribution in [2.24, 2.45) is 0 Å². The maximum Gasteiger partial charge on any atom is 0.303 e. The summed E-state index contributed by atoms with van der Waals surface area (Å²) in [5.74, 6) is -1.23. The zero-order valence-corrected chi connectivity index (χ0v) is 11.2. The Balaban J connectivity index is 2.78. The number of amides is 1. The van der Waals surface area contributed by atoms with Crippen LogP contribution in [0, 0.1) is 6.92 Å². The molecule has 0 aliphatic carbocycles. The second-order valence-corrected chi connectivity index (χ2v) is 5.13. The van der Waals surface area contributed by atoms with Crippen LogP contribution in [0.15, 0.2) is 17.1 Å². The maximum absolute atomic E-state index is 12.1. The number of carbonyl (C=O) groups is 2. The number of rotatable bonds is 5. The number of carboxylic acid groups (broad SMARTS) is 1. The van der Waals surface area contributed by atoms with Crippen LogP contribution in [0.1, 0.15) is 42.6 Å². The molecule has 0 saturated carbocycles. The van der Waals surface area contributed by atoms with Crippen molar-refractivity contribution in [3.63, 3.8) is 0 Å². The van der Waals surface area contributed by atoms with Gasteiger partial charge in [-0.1, -0.05) is 0 Å². The van der Waals surface area contributed by atoms with Crippen LogP contribution in [-0.4, -0.2) is 27.5 Å². The Bertz CT molecular complexity index is 546. The minimum absolute atomic E-state index is 0.0160. The first kappa shape index (κ1) is 14.9. The SMILES string of the molecule is Cc1cc(=O)[nH]cc1C(=O)NC(C)(C)CCC(=O)O. The third-order valence-electron chi connectivity index (χ3n) is 2.79. The van der Waals surface area contributed by atoms with Crippen molar-refractivity contribution >= 4 is 11.9 Å². The highest BCUT2D eigenvalue weighted by Crippen LogP contribution is 2.13. The Morgan fingerprint density at radius 3 is 2.58 bits per heavy atom. The van der Waals surface area contributed by atoms with Crippen LogP contribution in [0.3, 0.4) is 0 Å². The maximum atomic E-state index is 12.1. The lowest BCUT2D eigenvalue weighted by Gasteiger charge is -2.25. The van der Waals surface area contributed by atoms with Crippen molar-refractivity contribution in [1.29, 1.82) is 0 Å². The summed E-state index contributed by atoms with van der Waals surface area (Å²) in [6.07, 6.45) is 1.68. The fourth-order valence-electron chi connectivity index (χ4n) is 1.67. The van der Waals surface area contributed by atoms with E-state index in [4.69, 9.17) is 5.11 Å². The summed E-state index contributed by atoms with van der Waals surface area (Å²) in [5, 5.41) is 11.4. The average Bonchev–Trinajstić information content (AvgIpc) is 2.25. The van der Waals surface area contributed by atoms with Crippen molar-refractivity contribution in [2.45, 2.75) is 39.2 Å². The monoisotopic (exact) mass is 266 g/mol. The summed E-state index contributed by atoms with van der Waals surface area (Å²) >= 11 is 0. The Morgan fingerprint density at radius 2 is 2.05 bits per heavy atom. The molecule has 6 heteroatoms. The van der Waals surface area contributed by atoms with E-state index in [2.05, 4.69) is 10.3 Å². The summed E-state index contributed by atoms with van der Waals surface area (Å²) in [6, 6.07) is 1.35. The number of carboxylic acids is 1. The zero-order chi connectivity index (χ0) is 14.6. The van der Waals surface area contributed by atoms with Crippen LogP contribution in [0.2, 0.25) is 0 Å². The number of carbonyl (C=O) groups excluding carboxylic acids is 1. The number of H-pyrrole nitrogens is 1. The third-order valence-corrected chi connectivity index (χ3v) is 2.79. The van der Waals surface area contributed by atoms with Gasteiger partial charge >= 0.3 is 5.97 Å². The lowest BCUT2D eigenvalue weighted by molar-refractivity contribution is -0.137. The number of aryl methyl sites for hydroxylation is 1. The molecule has 0 spiro atoms. The molecule has 0 aromatic carbocycles. The minimum atomic E-state index is -0.900. The number of aliphatic carboxylic acids is 1. The van der Waals surface area contributed by atoms with Gasteiger partial charge in [-0.3, -0.25) is 14.4 Å². The highest BCUT2D eigenvalue weighted by atomic mass is 16.4. The van der Waals surface area contributed by atoms with Gasteiger partial charge in [-0.15, -0.1) is 0 Å². The molecule has 0 aliphatic heterocycles. The number of pyridine rings is 1. The topological polar surface area (TPSA) is 99.3 Å². The molecule has 1 aromatic rings. The quantitative estimate of drug-likeness (QED) is 0.741. The van der Waals surface area contributed by atoms with Crippen molar-refractivity contribution < 1.29 is 14.7 Å². The van der Waals surface area contributed by atoms with Crippen molar-refractivity contribution in [3.8, 4) is 0 Å². The molecule has 1 rings (SSSR count). The number of nitrogens with one attached hydrogen (secondary N) is 2. The van der Waals surface area contributed by atoms with Gasteiger partial charge in [0.1, 0.15) is 0 Å². The number of hydrogen-bond donors (Lipinski definition) is 3. The molecule has 19 heavy (non-hydrogen) atoms. The molecule has 1 amide bonds. The first-order valence-corrected chi connectivity index (χ1v) is 5.95. The summed E-state index contributed by atoms with van der Waals surface area (Å²) in [6.45, 7) is 5.19. The summed E-state index contributed by atoms with van der Waals surface area (Å²) in [7, 11) is 0. The van der Waals surface area contributed by atoms with Gasteiger partial charge in [-0.25, -0.2) is 0 Å². The Kier molecular flexibility index (Phi) is 4.47. The molecule has 0 fully saturated rings. The summed E-state index contributed by atoms with van der Waals surface area (Å²) < 4.78 is 0. The molecular formula is C13H18N2O4. The predicted molar refractivity (Wildman–Crippen MR) is 70.2 cm³/mol. The number of hydrogen-bond acceptors (Lipinski definition) is 3. The van der Waals surface area contributed by atoms with Crippen molar-refractivity contribution in [1.82, 2.24) is 10.3 Å². The van der Waals surface area contributed by atoms with Gasteiger partial charge in [-0.05, 0) is 32.8 Å². The van der Waals surface area contributed by atoms with Crippen LogP contribution >= 0.6 is 0 Å². The molecule has 0 saturated heterocycles. The first-order chi connectivity index (χ1) is 8.71. The number of aromatic nitrogens is 1. The smallest absolute Gasteiger partial charge is 0.303 e. The van der Waals surface area contributed by atoms with Crippen LogP contribution in [0.25, 0.3) is 0 Å². The van der Waals surface area contributed by atoms with E-state index in [1.165, 1.54) is 12.3 Å². The fourth-order valence-corrected chi connectivity index (χ4v) is 1.67. The molecule has 1 aromatic heterocycles. The molecule has 0 atom stereocenters. The molecule has 104 valence electrons. The van der Waals surface area contributed by atoms with Crippen LogP contribution in [0.5, 0.6) is 0 Å². The second kappa shape index (κ2) is 5.69. The Labute approximate surface area is 110 Å². The van der Waals surface area contributed by atoms with Gasteiger partial charge in [-0.2, -0.15) is 0 Å². The first-order valence-electron chi connectivity index (χ1n) is 5.95. The normalized spacial score (nSPS) is 11.1. The van der Waals surface area contributed by atoms with E-state index in [-0.39, 0.29) is 17.9 Å². The predicted octanol–water partition coefficient (Wildman–Crippen LogP) is 1.06. The van der Waals surface area contributed by atoms with Crippen molar-refractivity contribution in [3.05, 3.63) is 33.7 Å². The van der Waals surface area contributed by atoms with Gasteiger partial charge < -0.3 is 15.4 Å². The van der Waals surface area contributed by atoms with E-state index < -0.39 is 11.5 Å². The molecule has 3 N–H and O–H groups in total.